The molecule has 0 radical (unpaired) electrons. The zero-order chi connectivity index (χ0) is 15.4. The number of anilines is 2. The predicted molar refractivity (Wildman–Crippen MR) is 75.9 cm³/mol. The molecular weight excluding hydrogens is 278 g/mol. The smallest absolute Gasteiger partial charge is 0.340 e. The molecule has 0 unspecified atom stereocenters. The lowest BCUT2D eigenvalue weighted by molar-refractivity contribution is 0.0602. The van der Waals surface area contributed by atoms with Gasteiger partial charge in [0.25, 0.3) is 0 Å². The summed E-state index contributed by atoms with van der Waals surface area (Å²) in [6.07, 6.45) is 0. The Bertz CT molecular complexity index is 675. The Morgan fingerprint density at radius 1 is 1.29 bits per heavy atom. The fourth-order valence-electron chi connectivity index (χ4n) is 1.88. The van der Waals surface area contributed by atoms with Crippen molar-refractivity contribution in [2.24, 2.45) is 0 Å². The lowest BCUT2D eigenvalue weighted by Gasteiger charge is -2.12. The topological polar surface area (TPSA) is 64.3 Å². The van der Waals surface area contributed by atoms with E-state index >= 15 is 0 Å². The van der Waals surface area contributed by atoms with Gasteiger partial charge in [0.1, 0.15) is 11.6 Å². The van der Waals surface area contributed by atoms with Gasteiger partial charge in [0.2, 0.25) is 0 Å². The molecule has 4 nitrogen and oxygen atoms in total. The second-order valence-corrected chi connectivity index (χ2v) is 4.35. The van der Waals surface area contributed by atoms with E-state index in [0.717, 1.165) is 18.2 Å². The molecule has 0 aliphatic heterocycles. The Balaban J connectivity index is 2.21. The van der Waals surface area contributed by atoms with Crippen molar-refractivity contribution in [2.45, 2.75) is 6.54 Å². The quantitative estimate of drug-likeness (QED) is 0.671. The van der Waals surface area contributed by atoms with Crippen molar-refractivity contribution >= 4 is 17.3 Å². The van der Waals surface area contributed by atoms with Crippen LogP contribution in [-0.2, 0) is 11.3 Å². The van der Waals surface area contributed by atoms with Crippen LogP contribution in [0, 0.1) is 11.6 Å². The monoisotopic (exact) mass is 292 g/mol. The molecular formula is C15H14F2N2O2. The number of nitrogens with two attached hydrogens (primary N) is 1. The number of ether oxygens (including phenoxy) is 1. The van der Waals surface area contributed by atoms with Crippen LogP contribution >= 0.6 is 0 Å². The number of rotatable bonds is 4. The minimum atomic E-state index is -0.562. The average molecular weight is 292 g/mol. The standard InChI is InChI=1S/C15H14F2N2O2/c1-21-15(20)11-3-2-4-13(14(11)18)19-8-9-7-10(16)5-6-12(9)17/h2-7,19H,8,18H2,1H3. The molecule has 0 fully saturated rings. The lowest BCUT2D eigenvalue weighted by Crippen LogP contribution is -2.10. The van der Waals surface area contributed by atoms with Crippen LogP contribution in [0.4, 0.5) is 20.2 Å². The van der Waals surface area contributed by atoms with E-state index in [1.165, 1.54) is 13.2 Å². The maximum absolute atomic E-state index is 13.5. The average Bonchev–Trinajstić information content (AvgIpc) is 2.48. The summed E-state index contributed by atoms with van der Waals surface area (Å²) >= 11 is 0. The zero-order valence-corrected chi connectivity index (χ0v) is 11.3. The third kappa shape index (κ3) is 3.28. The molecule has 0 saturated heterocycles. The largest absolute Gasteiger partial charge is 0.465 e. The third-order valence-electron chi connectivity index (χ3n) is 2.99. The highest BCUT2D eigenvalue weighted by Gasteiger charge is 2.13. The Labute approximate surface area is 120 Å². The second kappa shape index (κ2) is 6.21. The van der Waals surface area contributed by atoms with Gasteiger partial charge in [-0.05, 0) is 30.3 Å². The Morgan fingerprint density at radius 3 is 2.76 bits per heavy atom. The van der Waals surface area contributed by atoms with E-state index in [9.17, 15) is 13.6 Å². The zero-order valence-electron chi connectivity index (χ0n) is 11.3. The number of nitrogen functional groups attached to an aromatic ring is 1. The SMILES string of the molecule is COC(=O)c1cccc(NCc2cc(F)ccc2F)c1N. The summed E-state index contributed by atoms with van der Waals surface area (Å²) in [5.74, 6) is -1.61. The van der Waals surface area contributed by atoms with Gasteiger partial charge in [-0.3, -0.25) is 0 Å². The highest BCUT2D eigenvalue weighted by atomic mass is 19.1. The van der Waals surface area contributed by atoms with Crippen LogP contribution in [0.2, 0.25) is 0 Å². The van der Waals surface area contributed by atoms with Crippen molar-refractivity contribution in [1.82, 2.24) is 0 Å². The van der Waals surface area contributed by atoms with Crippen molar-refractivity contribution in [1.29, 1.82) is 0 Å². The highest BCUT2D eigenvalue weighted by molar-refractivity contribution is 5.98. The number of hydrogen-bond acceptors (Lipinski definition) is 4. The molecule has 0 heterocycles. The summed E-state index contributed by atoms with van der Waals surface area (Å²) < 4.78 is 31.2. The van der Waals surface area contributed by atoms with Gasteiger partial charge in [-0.1, -0.05) is 6.07 Å². The van der Waals surface area contributed by atoms with Crippen molar-refractivity contribution in [3.63, 3.8) is 0 Å². The first-order valence-corrected chi connectivity index (χ1v) is 6.17. The van der Waals surface area contributed by atoms with Gasteiger partial charge < -0.3 is 15.8 Å². The number of carbonyl (C=O) groups is 1. The molecule has 6 heteroatoms. The van der Waals surface area contributed by atoms with Gasteiger partial charge in [0.15, 0.2) is 0 Å². The summed E-state index contributed by atoms with van der Waals surface area (Å²) in [7, 11) is 1.25. The summed E-state index contributed by atoms with van der Waals surface area (Å²) in [5, 5.41) is 2.88. The van der Waals surface area contributed by atoms with E-state index in [-0.39, 0.29) is 23.4 Å². The van der Waals surface area contributed by atoms with Crippen LogP contribution in [0.15, 0.2) is 36.4 Å². The minimum Gasteiger partial charge on any atom is -0.465 e. The van der Waals surface area contributed by atoms with Gasteiger partial charge >= 0.3 is 5.97 Å². The van der Waals surface area contributed by atoms with Crippen molar-refractivity contribution in [2.75, 3.05) is 18.2 Å². The highest BCUT2D eigenvalue weighted by Crippen LogP contribution is 2.24. The number of halogens is 2. The third-order valence-corrected chi connectivity index (χ3v) is 2.99. The minimum absolute atomic E-state index is 0.0401. The Hall–Kier alpha value is -2.63. The summed E-state index contributed by atoms with van der Waals surface area (Å²) in [6, 6.07) is 7.98. The molecule has 0 aliphatic rings. The normalized spacial score (nSPS) is 10.2. The first-order chi connectivity index (χ1) is 10.0. The molecule has 0 spiro atoms. The van der Waals surface area contributed by atoms with E-state index in [4.69, 9.17) is 5.73 Å². The molecule has 3 N–H and O–H groups in total. The maximum Gasteiger partial charge on any atom is 0.340 e. The lowest BCUT2D eigenvalue weighted by atomic mass is 10.1. The van der Waals surface area contributed by atoms with E-state index in [1.54, 1.807) is 12.1 Å². The number of hydrogen-bond donors (Lipinski definition) is 2. The molecule has 0 aliphatic carbocycles. The van der Waals surface area contributed by atoms with Crippen LogP contribution in [-0.4, -0.2) is 13.1 Å². The molecule has 0 amide bonds. The fourth-order valence-corrected chi connectivity index (χ4v) is 1.88. The Morgan fingerprint density at radius 2 is 2.05 bits per heavy atom. The summed E-state index contributed by atoms with van der Waals surface area (Å²) in [4.78, 5) is 11.5. The molecule has 21 heavy (non-hydrogen) atoms. The molecule has 2 aromatic carbocycles. The van der Waals surface area contributed by atoms with Gasteiger partial charge in [-0.2, -0.15) is 0 Å². The van der Waals surface area contributed by atoms with E-state index in [2.05, 4.69) is 10.1 Å². The summed E-state index contributed by atoms with van der Waals surface area (Å²) in [5.41, 5.74) is 6.88. The maximum atomic E-state index is 13.5. The number of esters is 1. The predicted octanol–water partition coefficient (Wildman–Crippen LogP) is 2.95. The van der Waals surface area contributed by atoms with Crippen LogP contribution < -0.4 is 11.1 Å². The molecule has 0 saturated carbocycles. The van der Waals surface area contributed by atoms with Gasteiger partial charge in [0, 0.05) is 12.1 Å². The first kappa shape index (κ1) is 14.8. The van der Waals surface area contributed by atoms with Crippen molar-refractivity contribution in [3.05, 3.63) is 59.2 Å². The number of benzene rings is 2. The van der Waals surface area contributed by atoms with Gasteiger partial charge in [0.05, 0.1) is 24.0 Å². The molecule has 2 rings (SSSR count). The number of nitrogens with one attached hydrogen (secondary N) is 1. The van der Waals surface area contributed by atoms with Crippen molar-refractivity contribution in [3.8, 4) is 0 Å². The van der Waals surface area contributed by atoms with E-state index in [1.807, 2.05) is 0 Å². The van der Waals surface area contributed by atoms with Gasteiger partial charge in [-0.25, -0.2) is 13.6 Å². The first-order valence-electron chi connectivity index (χ1n) is 6.17. The molecule has 110 valence electrons. The number of carbonyl (C=O) groups excluding carboxylic acids is 1. The molecule has 0 bridgehead atoms. The van der Waals surface area contributed by atoms with Crippen LogP contribution in [0.1, 0.15) is 15.9 Å². The molecule has 0 aromatic heterocycles. The van der Waals surface area contributed by atoms with Crippen LogP contribution in [0.5, 0.6) is 0 Å². The molecule has 2 aromatic rings. The number of methoxy groups -OCH3 is 1. The van der Waals surface area contributed by atoms with E-state index in [0.29, 0.717) is 5.69 Å². The fraction of sp³-hybridized carbons (Fsp3) is 0.133. The Kier molecular flexibility index (Phi) is 4.37. The van der Waals surface area contributed by atoms with Gasteiger partial charge in [-0.15, -0.1) is 0 Å². The summed E-state index contributed by atoms with van der Waals surface area (Å²) in [6.45, 7) is 0.0401. The van der Waals surface area contributed by atoms with Crippen molar-refractivity contribution < 1.29 is 18.3 Å². The van der Waals surface area contributed by atoms with Crippen LogP contribution in [0.25, 0.3) is 0 Å². The van der Waals surface area contributed by atoms with Crippen LogP contribution in [0.3, 0.4) is 0 Å². The second-order valence-electron chi connectivity index (χ2n) is 4.35. The number of para-hydroxylation sites is 1. The van der Waals surface area contributed by atoms with E-state index < -0.39 is 17.6 Å². The molecule has 0 atom stereocenters.